The first-order valence-corrected chi connectivity index (χ1v) is 17.8. The van der Waals surface area contributed by atoms with Gasteiger partial charge in [0, 0.05) is 60.4 Å². The third-order valence-corrected chi connectivity index (χ3v) is 11.4. The molecule has 47 heavy (non-hydrogen) atoms. The Morgan fingerprint density at radius 3 is 1.49 bits per heavy atom. The fraction of sp³-hybridized carbons (Fsp3) is 0.0256. The summed E-state index contributed by atoms with van der Waals surface area (Å²) in [5.41, 5.74) is 4.54. The Hall–Kier alpha value is -4.34. The number of carbonyl (C=O) groups is 2. The minimum atomic E-state index is -0.917. The van der Waals surface area contributed by atoms with E-state index in [0.29, 0.717) is 11.1 Å². The number of carboxylic acid groups (broad SMARTS) is 1. The van der Waals surface area contributed by atoms with Crippen LogP contribution in [0.4, 0.5) is 0 Å². The van der Waals surface area contributed by atoms with Gasteiger partial charge >= 0.3 is 11.9 Å². The summed E-state index contributed by atoms with van der Waals surface area (Å²) in [5.74, 6) is -1.25. The zero-order chi connectivity index (χ0) is 32.7. The Kier molecular flexibility index (Phi) is 8.68. The first-order chi connectivity index (χ1) is 22.8. The van der Waals surface area contributed by atoms with Crippen LogP contribution < -0.4 is 0 Å². The Balaban J connectivity index is 0.000000150. The monoisotopic (exact) mass is 778 g/mol. The van der Waals surface area contributed by atoms with Crippen LogP contribution in [-0.2, 0) is 4.74 Å². The number of methoxy groups -OCH3 is 1. The van der Waals surface area contributed by atoms with Crippen molar-refractivity contribution in [2.45, 2.75) is 0 Å². The van der Waals surface area contributed by atoms with E-state index < -0.39 is 5.97 Å². The molecule has 2 aromatic heterocycles. The van der Waals surface area contributed by atoms with Gasteiger partial charge in [0.2, 0.25) is 0 Å². The van der Waals surface area contributed by atoms with Crippen molar-refractivity contribution in [1.82, 2.24) is 0 Å². The number of aromatic carboxylic acids is 1. The third kappa shape index (κ3) is 5.87. The van der Waals surface area contributed by atoms with Crippen LogP contribution in [0, 0.1) is 0 Å². The summed E-state index contributed by atoms with van der Waals surface area (Å²) in [4.78, 5) is 23.9. The van der Waals surface area contributed by atoms with Crippen LogP contribution in [0.5, 0.6) is 0 Å². The average Bonchev–Trinajstić information content (AvgIpc) is 3.67. The molecular weight excluding hydrogens is 756 g/mol. The lowest BCUT2D eigenvalue weighted by Gasteiger charge is -2.10. The smallest absolute Gasteiger partial charge is 0.338 e. The molecule has 0 spiro atoms. The van der Waals surface area contributed by atoms with E-state index in [0.717, 1.165) is 35.9 Å². The molecule has 0 unspecified atom stereocenters. The van der Waals surface area contributed by atoms with Gasteiger partial charge in [0.05, 0.1) is 18.2 Å². The van der Waals surface area contributed by atoms with Crippen LogP contribution >= 0.6 is 54.5 Å². The molecule has 0 bridgehead atoms. The second-order valence-electron chi connectivity index (χ2n) is 10.7. The highest BCUT2D eigenvalue weighted by molar-refractivity contribution is 9.10. The van der Waals surface area contributed by atoms with Gasteiger partial charge in [-0.1, -0.05) is 117 Å². The first kappa shape index (κ1) is 31.3. The molecule has 0 radical (unpaired) electrons. The van der Waals surface area contributed by atoms with E-state index in [2.05, 4.69) is 86.5 Å². The van der Waals surface area contributed by atoms with Gasteiger partial charge in [0.15, 0.2) is 0 Å². The fourth-order valence-corrected chi connectivity index (χ4v) is 9.06. The first-order valence-electron chi connectivity index (χ1n) is 14.6. The van der Waals surface area contributed by atoms with Crippen molar-refractivity contribution in [2.24, 2.45) is 0 Å². The Labute approximate surface area is 295 Å². The van der Waals surface area contributed by atoms with Gasteiger partial charge in [0.1, 0.15) is 0 Å². The van der Waals surface area contributed by atoms with Crippen molar-refractivity contribution in [1.29, 1.82) is 0 Å². The van der Waals surface area contributed by atoms with E-state index >= 15 is 0 Å². The number of ether oxygens (including phenoxy) is 1. The standard InChI is InChI=1S/C20H13BrO2S.C19H11BrO2S/c1-23-20(22)17-11-12(21)9-10-13(17)15-6-4-7-16-14-5-2-3-8-18(14)24-19(15)16;20-11-8-9-12(16(10-11)19(21)22)14-5-3-6-15-13-4-1-2-7-17(13)23-18(14)15/h2-11H,1H3;1-10H,(H,21,22). The Morgan fingerprint density at radius 1 is 0.553 bits per heavy atom. The van der Waals surface area contributed by atoms with E-state index in [1.807, 2.05) is 60.7 Å². The van der Waals surface area contributed by atoms with Gasteiger partial charge in [-0.2, -0.15) is 0 Å². The fourth-order valence-electron chi connectivity index (χ4n) is 5.88. The van der Waals surface area contributed by atoms with Crippen LogP contribution in [0.3, 0.4) is 0 Å². The molecule has 6 aromatic carbocycles. The number of thiophene rings is 2. The van der Waals surface area contributed by atoms with Crippen LogP contribution in [0.1, 0.15) is 20.7 Å². The Bertz CT molecular complexity index is 2500. The summed E-state index contributed by atoms with van der Waals surface area (Å²) >= 11 is 10.2. The number of hydrogen-bond acceptors (Lipinski definition) is 5. The highest BCUT2D eigenvalue weighted by Crippen LogP contribution is 2.42. The molecule has 0 saturated heterocycles. The molecule has 0 aliphatic carbocycles. The lowest BCUT2D eigenvalue weighted by Crippen LogP contribution is -2.03. The van der Waals surface area contributed by atoms with Gasteiger partial charge in [0.25, 0.3) is 0 Å². The van der Waals surface area contributed by atoms with Crippen molar-refractivity contribution in [3.63, 3.8) is 0 Å². The van der Waals surface area contributed by atoms with Gasteiger partial charge in [-0.3, -0.25) is 0 Å². The predicted molar refractivity (Wildman–Crippen MR) is 203 cm³/mol. The minimum absolute atomic E-state index is 0.310. The lowest BCUT2D eigenvalue weighted by atomic mass is 9.98. The van der Waals surface area contributed by atoms with E-state index in [1.165, 1.54) is 42.8 Å². The number of hydrogen-bond donors (Lipinski definition) is 1. The Morgan fingerprint density at radius 2 is 1.00 bits per heavy atom. The van der Waals surface area contributed by atoms with Gasteiger partial charge < -0.3 is 9.84 Å². The van der Waals surface area contributed by atoms with Crippen LogP contribution in [0.25, 0.3) is 62.6 Å². The normalized spacial score (nSPS) is 11.1. The number of rotatable bonds is 4. The molecule has 2 heterocycles. The molecular formula is C39H24Br2O4S2. The minimum Gasteiger partial charge on any atom is -0.478 e. The van der Waals surface area contributed by atoms with Crippen molar-refractivity contribution in [3.8, 4) is 22.3 Å². The molecule has 0 atom stereocenters. The zero-order valence-corrected chi connectivity index (χ0v) is 29.6. The number of carboxylic acids is 1. The maximum absolute atomic E-state index is 12.2. The van der Waals surface area contributed by atoms with Gasteiger partial charge in [-0.05, 0) is 47.5 Å². The number of esters is 1. The van der Waals surface area contributed by atoms with E-state index in [9.17, 15) is 14.7 Å². The summed E-state index contributed by atoms with van der Waals surface area (Å²) in [6.45, 7) is 0. The van der Waals surface area contributed by atoms with Gasteiger partial charge in [-0.15, -0.1) is 22.7 Å². The zero-order valence-electron chi connectivity index (χ0n) is 24.8. The summed E-state index contributed by atoms with van der Waals surface area (Å²) in [6.07, 6.45) is 0. The van der Waals surface area contributed by atoms with Gasteiger partial charge in [-0.25, -0.2) is 9.59 Å². The van der Waals surface area contributed by atoms with Crippen molar-refractivity contribution in [2.75, 3.05) is 7.11 Å². The molecule has 0 saturated carbocycles. The van der Waals surface area contributed by atoms with Crippen LogP contribution in [0.15, 0.2) is 130 Å². The highest BCUT2D eigenvalue weighted by atomic mass is 79.9. The summed E-state index contributed by atoms with van der Waals surface area (Å²) < 4.78 is 11.4. The van der Waals surface area contributed by atoms with E-state index in [1.54, 1.807) is 28.7 Å². The quantitative estimate of drug-likeness (QED) is 0.181. The highest BCUT2D eigenvalue weighted by Gasteiger charge is 2.18. The number of carbonyl (C=O) groups excluding carboxylic acids is 1. The van der Waals surface area contributed by atoms with Crippen molar-refractivity contribution < 1.29 is 19.4 Å². The van der Waals surface area contributed by atoms with E-state index in [4.69, 9.17) is 4.74 Å². The SMILES string of the molecule is COC(=O)c1cc(Br)ccc1-c1cccc2c1sc1ccccc12.O=C(O)c1cc(Br)ccc1-c1cccc2c1sc1ccccc12. The average molecular weight is 781 g/mol. The summed E-state index contributed by atoms with van der Waals surface area (Å²) in [7, 11) is 1.41. The maximum Gasteiger partial charge on any atom is 0.338 e. The molecule has 4 nitrogen and oxygen atoms in total. The maximum atomic E-state index is 12.2. The molecule has 0 amide bonds. The second-order valence-corrected chi connectivity index (χ2v) is 14.7. The molecule has 230 valence electrons. The molecule has 8 heteroatoms. The third-order valence-electron chi connectivity index (χ3n) is 7.99. The van der Waals surface area contributed by atoms with Crippen molar-refractivity contribution in [3.05, 3.63) is 141 Å². The molecule has 0 fully saturated rings. The summed E-state index contributed by atoms with van der Waals surface area (Å²) in [6, 6.07) is 40.1. The predicted octanol–water partition coefficient (Wildman–Crippen LogP) is 12.5. The lowest BCUT2D eigenvalue weighted by molar-refractivity contribution is 0.0600. The molecule has 0 aliphatic rings. The summed E-state index contributed by atoms with van der Waals surface area (Å²) in [5, 5.41) is 14.4. The number of fused-ring (bicyclic) bond motifs is 6. The largest absolute Gasteiger partial charge is 0.478 e. The second kappa shape index (κ2) is 13.0. The molecule has 0 aliphatic heterocycles. The molecule has 8 rings (SSSR count). The molecule has 8 aromatic rings. The van der Waals surface area contributed by atoms with Crippen LogP contribution in [0.2, 0.25) is 0 Å². The number of halogens is 2. The topological polar surface area (TPSA) is 63.6 Å². The van der Waals surface area contributed by atoms with E-state index in [-0.39, 0.29) is 5.97 Å². The number of benzene rings is 6. The van der Waals surface area contributed by atoms with Crippen LogP contribution in [-0.4, -0.2) is 24.2 Å². The molecule has 1 N–H and O–H groups in total. The van der Waals surface area contributed by atoms with Crippen molar-refractivity contribution >= 4 is 107 Å².